The second-order valence-electron chi connectivity index (χ2n) is 5.02. The highest BCUT2D eigenvalue weighted by molar-refractivity contribution is 5.33. The van der Waals surface area contributed by atoms with Gasteiger partial charge in [0.1, 0.15) is 0 Å². The van der Waals surface area contributed by atoms with Crippen LogP contribution >= 0.6 is 0 Å². The molecule has 18 heavy (non-hydrogen) atoms. The normalized spacial score (nSPS) is 24.3. The Morgan fingerprint density at radius 1 is 1.33 bits per heavy atom. The van der Waals surface area contributed by atoms with Crippen LogP contribution in [0.15, 0.2) is 30.3 Å². The van der Waals surface area contributed by atoms with E-state index in [0.717, 1.165) is 31.6 Å². The summed E-state index contributed by atoms with van der Waals surface area (Å²) in [4.78, 5) is 2.42. The Hall–Kier alpha value is -1.30. The molecule has 2 heteroatoms. The van der Waals surface area contributed by atoms with E-state index < -0.39 is 0 Å². The summed E-state index contributed by atoms with van der Waals surface area (Å²) < 4.78 is 0. The molecular weight excluding hydrogens is 220 g/mol. The Balaban J connectivity index is 1.86. The van der Waals surface area contributed by atoms with E-state index in [9.17, 15) is 0 Å². The standard InChI is InChI=1S/C16H22N2/c1-2-15-13-18(12-10-16(15)17)11-6-9-14-7-4-3-5-8-14/h3-5,7-8,15-16H,2,10-13,17H2,1H3. The molecule has 0 saturated carbocycles. The number of rotatable bonds is 2. The van der Waals surface area contributed by atoms with Gasteiger partial charge in [-0.3, -0.25) is 4.90 Å². The molecule has 2 unspecified atom stereocenters. The van der Waals surface area contributed by atoms with Gasteiger partial charge in [0.15, 0.2) is 0 Å². The number of nitrogens with two attached hydrogens (primary N) is 1. The van der Waals surface area contributed by atoms with Gasteiger partial charge in [0.05, 0.1) is 6.54 Å². The van der Waals surface area contributed by atoms with Gasteiger partial charge in [0.2, 0.25) is 0 Å². The minimum Gasteiger partial charge on any atom is -0.327 e. The number of benzene rings is 1. The quantitative estimate of drug-likeness (QED) is 0.805. The van der Waals surface area contributed by atoms with Crippen LogP contribution in [0.4, 0.5) is 0 Å². The molecule has 2 nitrogen and oxygen atoms in total. The van der Waals surface area contributed by atoms with Crippen LogP contribution in [0.2, 0.25) is 0 Å². The summed E-state index contributed by atoms with van der Waals surface area (Å²) in [7, 11) is 0. The zero-order valence-electron chi connectivity index (χ0n) is 11.1. The molecule has 0 radical (unpaired) electrons. The average molecular weight is 242 g/mol. The van der Waals surface area contributed by atoms with Crippen LogP contribution in [0, 0.1) is 17.8 Å². The van der Waals surface area contributed by atoms with Gasteiger partial charge >= 0.3 is 0 Å². The van der Waals surface area contributed by atoms with Crippen LogP contribution in [0.1, 0.15) is 25.3 Å². The predicted octanol–water partition coefficient (Wildman–Crippen LogP) is 2.10. The van der Waals surface area contributed by atoms with Gasteiger partial charge in [0.25, 0.3) is 0 Å². The van der Waals surface area contributed by atoms with E-state index in [1.54, 1.807) is 0 Å². The maximum atomic E-state index is 6.11. The minimum atomic E-state index is 0.383. The number of likely N-dealkylation sites (tertiary alicyclic amines) is 1. The molecule has 1 fully saturated rings. The van der Waals surface area contributed by atoms with Crippen LogP contribution in [0.5, 0.6) is 0 Å². The van der Waals surface area contributed by atoms with E-state index in [2.05, 4.69) is 23.7 Å². The van der Waals surface area contributed by atoms with E-state index in [4.69, 9.17) is 5.73 Å². The minimum absolute atomic E-state index is 0.383. The smallest absolute Gasteiger partial charge is 0.0605 e. The lowest BCUT2D eigenvalue weighted by Crippen LogP contribution is -2.46. The van der Waals surface area contributed by atoms with Crippen molar-refractivity contribution in [2.45, 2.75) is 25.8 Å². The van der Waals surface area contributed by atoms with Crippen molar-refractivity contribution in [3.05, 3.63) is 35.9 Å². The molecule has 1 aromatic rings. The van der Waals surface area contributed by atoms with Crippen molar-refractivity contribution >= 4 is 0 Å². The summed E-state index contributed by atoms with van der Waals surface area (Å²) in [6, 6.07) is 10.5. The molecule has 0 aliphatic carbocycles. The van der Waals surface area contributed by atoms with Gasteiger partial charge in [-0.2, -0.15) is 0 Å². The molecule has 1 aliphatic rings. The summed E-state index contributed by atoms with van der Waals surface area (Å²) in [6.45, 7) is 5.27. The fourth-order valence-electron chi connectivity index (χ4n) is 2.48. The van der Waals surface area contributed by atoms with Crippen LogP contribution < -0.4 is 5.73 Å². The third-order valence-electron chi connectivity index (χ3n) is 3.71. The summed E-state index contributed by atoms with van der Waals surface area (Å²) in [5, 5.41) is 0. The molecule has 1 heterocycles. The fraction of sp³-hybridized carbons (Fsp3) is 0.500. The van der Waals surface area contributed by atoms with Gasteiger partial charge in [-0.25, -0.2) is 0 Å². The Labute approximate surface area is 110 Å². The first-order valence-electron chi connectivity index (χ1n) is 6.81. The number of piperidine rings is 1. The first kappa shape index (κ1) is 13.1. The largest absolute Gasteiger partial charge is 0.327 e. The average Bonchev–Trinajstić information content (AvgIpc) is 2.42. The van der Waals surface area contributed by atoms with Crippen molar-refractivity contribution in [1.29, 1.82) is 0 Å². The summed E-state index contributed by atoms with van der Waals surface area (Å²) in [5.41, 5.74) is 7.20. The molecule has 0 bridgehead atoms. The van der Waals surface area contributed by atoms with E-state index in [1.807, 2.05) is 30.3 Å². The molecule has 1 aliphatic heterocycles. The van der Waals surface area contributed by atoms with Crippen molar-refractivity contribution in [3.8, 4) is 11.8 Å². The second kappa shape index (κ2) is 6.58. The highest BCUT2D eigenvalue weighted by atomic mass is 15.1. The molecular formula is C16H22N2. The molecule has 0 amide bonds. The van der Waals surface area contributed by atoms with Crippen LogP contribution in [-0.2, 0) is 0 Å². The van der Waals surface area contributed by atoms with Crippen LogP contribution in [-0.4, -0.2) is 30.6 Å². The van der Waals surface area contributed by atoms with E-state index in [-0.39, 0.29) is 0 Å². The molecule has 2 N–H and O–H groups in total. The lowest BCUT2D eigenvalue weighted by Gasteiger charge is -2.35. The molecule has 1 aromatic carbocycles. The molecule has 0 spiro atoms. The number of hydrogen-bond donors (Lipinski definition) is 1. The van der Waals surface area contributed by atoms with Crippen LogP contribution in [0.3, 0.4) is 0 Å². The second-order valence-corrected chi connectivity index (χ2v) is 5.02. The maximum Gasteiger partial charge on any atom is 0.0605 e. The fourth-order valence-corrected chi connectivity index (χ4v) is 2.48. The molecule has 1 saturated heterocycles. The molecule has 2 atom stereocenters. The Bertz CT molecular complexity index is 416. The van der Waals surface area contributed by atoms with Gasteiger partial charge in [0, 0.05) is 24.7 Å². The third kappa shape index (κ3) is 3.60. The molecule has 96 valence electrons. The van der Waals surface area contributed by atoms with Crippen molar-refractivity contribution in [2.75, 3.05) is 19.6 Å². The zero-order chi connectivity index (χ0) is 12.8. The molecule has 0 aromatic heterocycles. The van der Waals surface area contributed by atoms with Gasteiger partial charge in [-0.05, 0) is 24.5 Å². The number of nitrogens with zero attached hydrogens (tertiary/aromatic N) is 1. The summed E-state index contributed by atoms with van der Waals surface area (Å²) >= 11 is 0. The Kier molecular flexibility index (Phi) is 4.81. The highest BCUT2D eigenvalue weighted by Crippen LogP contribution is 2.17. The lowest BCUT2D eigenvalue weighted by molar-refractivity contribution is 0.168. The highest BCUT2D eigenvalue weighted by Gasteiger charge is 2.24. The summed E-state index contributed by atoms with van der Waals surface area (Å²) in [6.07, 6.45) is 2.27. The van der Waals surface area contributed by atoms with Crippen molar-refractivity contribution in [2.24, 2.45) is 11.7 Å². The first-order valence-corrected chi connectivity index (χ1v) is 6.81. The summed E-state index contributed by atoms with van der Waals surface area (Å²) in [5.74, 6) is 7.12. The van der Waals surface area contributed by atoms with Crippen molar-refractivity contribution < 1.29 is 0 Å². The Morgan fingerprint density at radius 3 is 2.83 bits per heavy atom. The Morgan fingerprint density at radius 2 is 2.11 bits per heavy atom. The van der Waals surface area contributed by atoms with E-state index in [0.29, 0.717) is 12.0 Å². The zero-order valence-corrected chi connectivity index (χ0v) is 11.1. The van der Waals surface area contributed by atoms with Crippen molar-refractivity contribution in [1.82, 2.24) is 4.90 Å². The van der Waals surface area contributed by atoms with E-state index >= 15 is 0 Å². The lowest BCUT2D eigenvalue weighted by atomic mass is 9.91. The third-order valence-corrected chi connectivity index (χ3v) is 3.71. The molecule has 2 rings (SSSR count). The topological polar surface area (TPSA) is 29.3 Å². The van der Waals surface area contributed by atoms with Gasteiger partial charge in [-0.15, -0.1) is 0 Å². The van der Waals surface area contributed by atoms with Crippen LogP contribution in [0.25, 0.3) is 0 Å². The van der Waals surface area contributed by atoms with Gasteiger partial charge in [-0.1, -0.05) is 43.4 Å². The predicted molar refractivity (Wildman–Crippen MR) is 76.1 cm³/mol. The number of hydrogen-bond acceptors (Lipinski definition) is 2. The SMILES string of the molecule is CCC1CN(CC#Cc2ccccc2)CCC1N. The van der Waals surface area contributed by atoms with Crippen molar-refractivity contribution in [3.63, 3.8) is 0 Å². The monoisotopic (exact) mass is 242 g/mol. The van der Waals surface area contributed by atoms with E-state index in [1.165, 1.54) is 6.42 Å². The van der Waals surface area contributed by atoms with Gasteiger partial charge < -0.3 is 5.73 Å². The maximum absolute atomic E-state index is 6.11. The first-order chi connectivity index (χ1) is 8.79.